The summed E-state index contributed by atoms with van der Waals surface area (Å²) in [5, 5.41) is 2.37. The smallest absolute Gasteiger partial charge is 0.312 e. The number of benzene rings is 1. The van der Waals surface area contributed by atoms with Crippen molar-refractivity contribution < 1.29 is 27.9 Å². The van der Waals surface area contributed by atoms with Crippen LogP contribution in [-0.4, -0.2) is 41.4 Å². The van der Waals surface area contributed by atoms with E-state index in [1.807, 2.05) is 0 Å². The van der Waals surface area contributed by atoms with Gasteiger partial charge in [0.2, 0.25) is 5.91 Å². The molecule has 0 radical (unpaired) electrons. The van der Waals surface area contributed by atoms with Crippen LogP contribution in [0.3, 0.4) is 0 Å². The van der Waals surface area contributed by atoms with Gasteiger partial charge in [0.1, 0.15) is 0 Å². The first-order valence-electron chi connectivity index (χ1n) is 9.11. The zero-order chi connectivity index (χ0) is 19.6. The molecular weight excluding hydrogens is 358 g/mol. The molecule has 0 spiro atoms. The zero-order valence-electron chi connectivity index (χ0n) is 15.0. The molecule has 2 atom stereocenters. The standard InChI is InChI=1S/C19H22F2N2O4/c1-11(18(25)22-13-6-7-15(20)16(21)9-13)27-19(26)12-8-17(24)23(10-12)14-4-2-3-5-14/h6-7,9,11-12,14H,2-5,8,10H2,1H3,(H,22,25)/t11-,12-/m1/s1. The molecule has 8 heteroatoms. The molecule has 0 unspecified atom stereocenters. The second kappa shape index (κ2) is 8.02. The second-order valence-electron chi connectivity index (χ2n) is 7.08. The molecule has 1 saturated carbocycles. The van der Waals surface area contributed by atoms with Gasteiger partial charge in [-0.15, -0.1) is 0 Å². The lowest BCUT2D eigenvalue weighted by molar-refractivity contribution is -0.157. The highest BCUT2D eigenvalue weighted by atomic mass is 19.2. The van der Waals surface area contributed by atoms with Crippen LogP contribution in [-0.2, 0) is 19.1 Å². The van der Waals surface area contributed by atoms with Crippen molar-refractivity contribution in [2.75, 3.05) is 11.9 Å². The van der Waals surface area contributed by atoms with Gasteiger partial charge in [-0.25, -0.2) is 8.78 Å². The first-order valence-corrected chi connectivity index (χ1v) is 9.11. The molecule has 1 N–H and O–H groups in total. The fourth-order valence-corrected chi connectivity index (χ4v) is 3.60. The summed E-state index contributed by atoms with van der Waals surface area (Å²) >= 11 is 0. The molecule has 6 nitrogen and oxygen atoms in total. The van der Waals surface area contributed by atoms with E-state index in [2.05, 4.69) is 5.32 Å². The zero-order valence-corrected chi connectivity index (χ0v) is 15.0. The summed E-state index contributed by atoms with van der Waals surface area (Å²) in [6, 6.07) is 3.14. The van der Waals surface area contributed by atoms with Gasteiger partial charge in [-0.1, -0.05) is 12.8 Å². The summed E-state index contributed by atoms with van der Waals surface area (Å²) in [5.74, 6) is -4.01. The molecule has 1 heterocycles. The average Bonchev–Trinajstić information content (AvgIpc) is 3.27. The van der Waals surface area contributed by atoms with Crippen LogP contribution in [0, 0.1) is 17.6 Å². The van der Waals surface area contributed by atoms with E-state index in [4.69, 9.17) is 4.74 Å². The van der Waals surface area contributed by atoms with Gasteiger partial charge in [-0.05, 0) is 31.9 Å². The number of likely N-dealkylation sites (tertiary alicyclic amines) is 1. The number of anilines is 1. The highest BCUT2D eigenvalue weighted by Crippen LogP contribution is 2.30. The van der Waals surface area contributed by atoms with Gasteiger partial charge in [0, 0.05) is 30.8 Å². The minimum absolute atomic E-state index is 0.0530. The van der Waals surface area contributed by atoms with Crippen LogP contribution in [0.4, 0.5) is 14.5 Å². The van der Waals surface area contributed by atoms with Crippen molar-refractivity contribution in [3.63, 3.8) is 0 Å². The molecule has 1 aliphatic heterocycles. The van der Waals surface area contributed by atoms with E-state index < -0.39 is 35.5 Å². The third-order valence-corrected chi connectivity index (χ3v) is 5.11. The second-order valence-corrected chi connectivity index (χ2v) is 7.08. The van der Waals surface area contributed by atoms with Gasteiger partial charge in [0.25, 0.3) is 5.91 Å². The monoisotopic (exact) mass is 380 g/mol. The largest absolute Gasteiger partial charge is 0.452 e. The highest BCUT2D eigenvalue weighted by molar-refractivity contribution is 5.95. The number of amides is 2. The number of carbonyl (C=O) groups excluding carboxylic acids is 3. The number of hydrogen-bond acceptors (Lipinski definition) is 4. The van der Waals surface area contributed by atoms with E-state index in [0.717, 1.165) is 37.8 Å². The maximum atomic E-state index is 13.2. The van der Waals surface area contributed by atoms with E-state index in [1.54, 1.807) is 4.90 Å². The number of nitrogens with one attached hydrogen (secondary N) is 1. The molecule has 0 aromatic heterocycles. The molecule has 2 aliphatic rings. The van der Waals surface area contributed by atoms with Crippen LogP contribution >= 0.6 is 0 Å². The van der Waals surface area contributed by atoms with Crippen LogP contribution in [0.2, 0.25) is 0 Å². The predicted octanol–water partition coefficient (Wildman–Crippen LogP) is 2.63. The molecule has 0 bridgehead atoms. The van der Waals surface area contributed by atoms with Crippen molar-refractivity contribution in [2.45, 2.75) is 51.2 Å². The number of ether oxygens (including phenoxy) is 1. The molecule has 1 aromatic carbocycles. The molecule has 1 aliphatic carbocycles. The lowest BCUT2D eigenvalue weighted by atomic mass is 10.1. The third kappa shape index (κ3) is 4.43. The van der Waals surface area contributed by atoms with Crippen LogP contribution in [0.1, 0.15) is 39.0 Å². The first-order chi connectivity index (χ1) is 12.8. The number of nitrogens with zero attached hydrogens (tertiary/aromatic N) is 1. The van der Waals surface area contributed by atoms with Gasteiger partial charge in [-0.2, -0.15) is 0 Å². The summed E-state index contributed by atoms with van der Waals surface area (Å²) < 4.78 is 31.3. The molecule has 3 rings (SSSR count). The minimum Gasteiger partial charge on any atom is -0.452 e. The van der Waals surface area contributed by atoms with E-state index in [-0.39, 0.29) is 24.1 Å². The maximum absolute atomic E-state index is 13.2. The maximum Gasteiger partial charge on any atom is 0.312 e. The summed E-state index contributed by atoms with van der Waals surface area (Å²) in [5.41, 5.74) is 0.0604. The Morgan fingerprint density at radius 2 is 1.93 bits per heavy atom. The van der Waals surface area contributed by atoms with Crippen molar-refractivity contribution in [1.29, 1.82) is 0 Å². The Bertz CT molecular complexity index is 749. The van der Waals surface area contributed by atoms with Crippen molar-refractivity contribution in [2.24, 2.45) is 5.92 Å². The fourth-order valence-electron chi connectivity index (χ4n) is 3.60. The summed E-state index contributed by atoms with van der Waals surface area (Å²) in [7, 11) is 0. The van der Waals surface area contributed by atoms with Gasteiger partial charge in [0.15, 0.2) is 17.7 Å². The third-order valence-electron chi connectivity index (χ3n) is 5.11. The lowest BCUT2D eigenvalue weighted by Gasteiger charge is -2.24. The van der Waals surface area contributed by atoms with Gasteiger partial charge in [-0.3, -0.25) is 14.4 Å². The number of hydrogen-bond donors (Lipinski definition) is 1. The van der Waals surface area contributed by atoms with Gasteiger partial charge >= 0.3 is 5.97 Å². The minimum atomic E-state index is -1.12. The van der Waals surface area contributed by atoms with Crippen LogP contribution in [0.5, 0.6) is 0 Å². The van der Waals surface area contributed by atoms with Crippen LogP contribution in [0.25, 0.3) is 0 Å². The van der Waals surface area contributed by atoms with Crippen LogP contribution in [0.15, 0.2) is 18.2 Å². The number of carbonyl (C=O) groups is 3. The fraction of sp³-hybridized carbons (Fsp3) is 0.526. The van der Waals surface area contributed by atoms with E-state index in [9.17, 15) is 23.2 Å². The van der Waals surface area contributed by atoms with Gasteiger partial charge < -0.3 is 15.0 Å². The lowest BCUT2D eigenvalue weighted by Crippen LogP contribution is -2.36. The highest BCUT2D eigenvalue weighted by Gasteiger charge is 2.40. The number of esters is 1. The number of rotatable bonds is 5. The molecule has 1 aromatic rings. The Labute approximate surface area is 155 Å². The van der Waals surface area contributed by atoms with E-state index in [0.29, 0.717) is 6.54 Å². The quantitative estimate of drug-likeness (QED) is 0.797. The topological polar surface area (TPSA) is 75.7 Å². The molecule has 2 amide bonds. The molecule has 146 valence electrons. The Hall–Kier alpha value is -2.51. The summed E-state index contributed by atoms with van der Waals surface area (Å²) in [6.07, 6.45) is 3.06. The Morgan fingerprint density at radius 3 is 2.59 bits per heavy atom. The van der Waals surface area contributed by atoms with E-state index >= 15 is 0 Å². The van der Waals surface area contributed by atoms with Crippen molar-refractivity contribution >= 4 is 23.5 Å². The normalized spacial score (nSPS) is 21.4. The molecule has 27 heavy (non-hydrogen) atoms. The van der Waals surface area contributed by atoms with E-state index in [1.165, 1.54) is 13.0 Å². The van der Waals surface area contributed by atoms with Crippen molar-refractivity contribution in [3.8, 4) is 0 Å². The average molecular weight is 380 g/mol. The summed E-state index contributed by atoms with van der Waals surface area (Å²) in [4.78, 5) is 38.4. The molecule has 1 saturated heterocycles. The Morgan fingerprint density at radius 1 is 1.22 bits per heavy atom. The number of halogens is 2. The van der Waals surface area contributed by atoms with Crippen molar-refractivity contribution in [1.82, 2.24) is 4.90 Å². The Balaban J connectivity index is 1.53. The SMILES string of the molecule is C[C@@H](OC(=O)[C@@H]1CC(=O)N(C2CCCC2)C1)C(=O)Nc1ccc(F)c(F)c1. The Kier molecular flexibility index (Phi) is 5.72. The van der Waals surface area contributed by atoms with Crippen LogP contribution < -0.4 is 5.32 Å². The van der Waals surface area contributed by atoms with Gasteiger partial charge in [0.05, 0.1) is 5.92 Å². The first kappa shape index (κ1) is 19.3. The predicted molar refractivity (Wildman–Crippen MR) is 92.6 cm³/mol. The molecular formula is C19H22F2N2O4. The molecule has 2 fully saturated rings. The summed E-state index contributed by atoms with van der Waals surface area (Å²) in [6.45, 7) is 1.71. The van der Waals surface area contributed by atoms with Crippen molar-refractivity contribution in [3.05, 3.63) is 29.8 Å².